The van der Waals surface area contributed by atoms with Crippen LogP contribution in [0.5, 0.6) is 5.75 Å². The van der Waals surface area contributed by atoms with Gasteiger partial charge in [0.05, 0.1) is 23.8 Å². The number of amides is 2. The summed E-state index contributed by atoms with van der Waals surface area (Å²) in [6.45, 7) is 4.50. The monoisotopic (exact) mass is 267 g/mol. The van der Waals surface area contributed by atoms with Gasteiger partial charge in [-0.1, -0.05) is 13.8 Å². The van der Waals surface area contributed by atoms with Gasteiger partial charge in [0.2, 0.25) is 0 Å². The maximum Gasteiger partial charge on any atom is 0.319 e. The first-order valence-corrected chi connectivity index (χ1v) is 5.81. The Labute approximate surface area is 111 Å². The molecule has 0 aliphatic carbocycles. The van der Waals surface area contributed by atoms with E-state index >= 15 is 0 Å². The van der Waals surface area contributed by atoms with Crippen molar-refractivity contribution in [1.29, 1.82) is 0 Å². The second-order valence-electron chi connectivity index (χ2n) is 4.37. The average Bonchev–Trinajstić information content (AvgIpc) is 2.36. The van der Waals surface area contributed by atoms with Gasteiger partial charge in [0.1, 0.15) is 5.75 Å². The van der Waals surface area contributed by atoms with Gasteiger partial charge in [0.15, 0.2) is 0 Å². The van der Waals surface area contributed by atoms with E-state index in [0.717, 1.165) is 0 Å². The second kappa shape index (κ2) is 6.58. The molecule has 0 spiro atoms. The molecule has 2 amide bonds. The van der Waals surface area contributed by atoms with Crippen LogP contribution in [0.25, 0.3) is 0 Å². The molecule has 0 heterocycles. The Bertz CT molecular complexity index is 474. The van der Waals surface area contributed by atoms with Crippen LogP contribution in [0.1, 0.15) is 13.8 Å². The summed E-state index contributed by atoms with van der Waals surface area (Å²) in [5.41, 5.74) is 0.291. The number of carbonyl (C=O) groups is 1. The Kier molecular flexibility index (Phi) is 5.11. The molecule has 0 radical (unpaired) electrons. The third kappa shape index (κ3) is 4.46. The van der Waals surface area contributed by atoms with Crippen molar-refractivity contribution in [2.24, 2.45) is 5.92 Å². The van der Waals surface area contributed by atoms with Crippen LogP contribution in [0.2, 0.25) is 0 Å². The van der Waals surface area contributed by atoms with E-state index in [4.69, 9.17) is 4.74 Å². The van der Waals surface area contributed by atoms with Gasteiger partial charge in [-0.15, -0.1) is 0 Å². The van der Waals surface area contributed by atoms with Crippen LogP contribution >= 0.6 is 0 Å². The van der Waals surface area contributed by atoms with Crippen molar-refractivity contribution < 1.29 is 14.5 Å². The van der Waals surface area contributed by atoms with E-state index in [1.54, 1.807) is 0 Å². The number of hydrogen-bond acceptors (Lipinski definition) is 4. The molecule has 0 fully saturated rings. The fraction of sp³-hybridized carbons (Fsp3) is 0.417. The van der Waals surface area contributed by atoms with Crippen molar-refractivity contribution >= 4 is 17.4 Å². The molecule has 0 saturated heterocycles. The van der Waals surface area contributed by atoms with Crippen LogP contribution in [0.4, 0.5) is 16.2 Å². The molecule has 0 unspecified atom stereocenters. The lowest BCUT2D eigenvalue weighted by atomic mass is 10.2. The Morgan fingerprint density at radius 2 is 2.16 bits per heavy atom. The highest BCUT2D eigenvalue weighted by Gasteiger charge is 2.13. The van der Waals surface area contributed by atoms with Crippen molar-refractivity contribution in [3.8, 4) is 5.75 Å². The summed E-state index contributed by atoms with van der Waals surface area (Å²) in [6, 6.07) is 3.63. The summed E-state index contributed by atoms with van der Waals surface area (Å²) in [5.74, 6) is 0.582. The normalized spacial score (nSPS) is 10.1. The smallest absolute Gasteiger partial charge is 0.319 e. The van der Waals surface area contributed by atoms with Crippen molar-refractivity contribution in [2.45, 2.75) is 13.8 Å². The number of nitrogens with zero attached hydrogens (tertiary/aromatic N) is 1. The van der Waals surface area contributed by atoms with Gasteiger partial charge in [0, 0.05) is 12.6 Å². The molecule has 0 aliphatic heterocycles. The summed E-state index contributed by atoms with van der Waals surface area (Å²) in [7, 11) is 1.39. The summed E-state index contributed by atoms with van der Waals surface area (Å²) in [5, 5.41) is 15.9. The summed E-state index contributed by atoms with van der Waals surface area (Å²) in [4.78, 5) is 21.7. The summed E-state index contributed by atoms with van der Waals surface area (Å²) in [6.07, 6.45) is 0. The van der Waals surface area contributed by atoms with Gasteiger partial charge in [-0.05, 0) is 12.0 Å². The number of rotatable bonds is 5. The van der Waals surface area contributed by atoms with Crippen molar-refractivity contribution in [3.05, 3.63) is 28.3 Å². The lowest BCUT2D eigenvalue weighted by Crippen LogP contribution is -2.31. The van der Waals surface area contributed by atoms with Gasteiger partial charge in [-0.3, -0.25) is 10.1 Å². The zero-order valence-corrected chi connectivity index (χ0v) is 11.1. The highest BCUT2D eigenvalue weighted by Crippen LogP contribution is 2.28. The van der Waals surface area contributed by atoms with Gasteiger partial charge in [-0.2, -0.15) is 0 Å². The molecule has 0 atom stereocenters. The maximum absolute atomic E-state index is 11.6. The van der Waals surface area contributed by atoms with E-state index in [0.29, 0.717) is 18.2 Å². The minimum absolute atomic E-state index is 0.0926. The first kappa shape index (κ1) is 14.7. The topological polar surface area (TPSA) is 93.5 Å². The summed E-state index contributed by atoms with van der Waals surface area (Å²) >= 11 is 0. The van der Waals surface area contributed by atoms with E-state index < -0.39 is 4.92 Å². The fourth-order valence-electron chi connectivity index (χ4n) is 1.36. The van der Waals surface area contributed by atoms with Gasteiger partial charge in [-0.25, -0.2) is 4.79 Å². The zero-order chi connectivity index (χ0) is 14.4. The molecule has 1 rings (SSSR count). The van der Waals surface area contributed by atoms with Crippen molar-refractivity contribution in [3.63, 3.8) is 0 Å². The SMILES string of the molecule is COc1cc([N+](=O)[O-])ccc1NC(=O)NCC(C)C. The number of non-ortho nitro benzene ring substituents is 1. The number of hydrogen-bond donors (Lipinski definition) is 2. The standard InChI is InChI=1S/C12H17N3O4/c1-8(2)7-13-12(16)14-10-5-4-9(15(17)18)6-11(10)19-3/h4-6,8H,7H2,1-3H3,(H2,13,14,16). The van der Waals surface area contributed by atoms with E-state index in [2.05, 4.69) is 10.6 Å². The molecule has 2 N–H and O–H groups in total. The number of anilines is 1. The Balaban J connectivity index is 2.78. The predicted octanol–water partition coefficient (Wildman–Crippen LogP) is 2.38. The Morgan fingerprint density at radius 3 is 2.68 bits per heavy atom. The molecular formula is C12H17N3O4. The number of benzene rings is 1. The van der Waals surface area contributed by atoms with Crippen LogP contribution in [-0.4, -0.2) is 24.6 Å². The molecule has 0 aliphatic rings. The van der Waals surface area contributed by atoms with Gasteiger partial charge < -0.3 is 15.4 Å². The van der Waals surface area contributed by atoms with Crippen LogP contribution in [-0.2, 0) is 0 Å². The number of carbonyl (C=O) groups excluding carboxylic acids is 1. The number of nitro groups is 1. The number of ether oxygens (including phenoxy) is 1. The van der Waals surface area contributed by atoms with Crippen LogP contribution in [0.3, 0.4) is 0 Å². The molecule has 104 valence electrons. The number of urea groups is 1. The molecule has 19 heavy (non-hydrogen) atoms. The Morgan fingerprint density at radius 1 is 1.47 bits per heavy atom. The minimum Gasteiger partial charge on any atom is -0.494 e. The molecule has 0 bridgehead atoms. The van der Waals surface area contributed by atoms with Crippen molar-refractivity contribution in [2.75, 3.05) is 19.0 Å². The molecule has 1 aromatic carbocycles. The highest BCUT2D eigenvalue weighted by molar-refractivity contribution is 5.91. The number of nitrogens with one attached hydrogen (secondary N) is 2. The molecule has 1 aromatic rings. The summed E-state index contributed by atoms with van der Waals surface area (Å²) < 4.78 is 5.02. The molecule has 7 heteroatoms. The zero-order valence-electron chi connectivity index (χ0n) is 11.1. The largest absolute Gasteiger partial charge is 0.494 e. The maximum atomic E-state index is 11.6. The molecular weight excluding hydrogens is 250 g/mol. The Hall–Kier alpha value is -2.31. The predicted molar refractivity (Wildman–Crippen MR) is 71.5 cm³/mol. The molecule has 0 aromatic heterocycles. The van der Waals surface area contributed by atoms with Crippen LogP contribution < -0.4 is 15.4 Å². The van der Waals surface area contributed by atoms with E-state index in [1.165, 1.54) is 25.3 Å². The number of methoxy groups -OCH3 is 1. The van der Waals surface area contributed by atoms with Crippen LogP contribution in [0.15, 0.2) is 18.2 Å². The minimum atomic E-state index is -0.523. The molecule has 7 nitrogen and oxygen atoms in total. The first-order chi connectivity index (χ1) is 8.93. The van der Waals surface area contributed by atoms with E-state index in [-0.39, 0.29) is 17.5 Å². The lowest BCUT2D eigenvalue weighted by Gasteiger charge is -2.12. The first-order valence-electron chi connectivity index (χ1n) is 5.81. The van der Waals surface area contributed by atoms with E-state index in [1.807, 2.05) is 13.8 Å². The quantitative estimate of drug-likeness (QED) is 0.632. The van der Waals surface area contributed by atoms with Gasteiger partial charge >= 0.3 is 6.03 Å². The van der Waals surface area contributed by atoms with E-state index in [9.17, 15) is 14.9 Å². The van der Waals surface area contributed by atoms with Crippen LogP contribution in [0, 0.1) is 16.0 Å². The third-order valence-corrected chi connectivity index (χ3v) is 2.31. The average molecular weight is 267 g/mol. The second-order valence-corrected chi connectivity index (χ2v) is 4.37. The number of nitro benzene ring substituents is 1. The van der Waals surface area contributed by atoms with Crippen molar-refractivity contribution in [1.82, 2.24) is 5.32 Å². The fourth-order valence-corrected chi connectivity index (χ4v) is 1.36. The third-order valence-electron chi connectivity index (χ3n) is 2.31. The highest BCUT2D eigenvalue weighted by atomic mass is 16.6. The molecule has 0 saturated carbocycles. The van der Waals surface area contributed by atoms with Gasteiger partial charge in [0.25, 0.3) is 5.69 Å². The lowest BCUT2D eigenvalue weighted by molar-refractivity contribution is -0.384.